The van der Waals surface area contributed by atoms with Gasteiger partial charge in [0.2, 0.25) is 0 Å². The Labute approximate surface area is 119 Å². The van der Waals surface area contributed by atoms with Crippen LogP contribution >= 0.6 is 0 Å². The Morgan fingerprint density at radius 1 is 1.25 bits per heavy atom. The Hall–Kier alpha value is -1.59. The Balaban J connectivity index is 1.85. The van der Waals surface area contributed by atoms with Gasteiger partial charge in [0.1, 0.15) is 0 Å². The van der Waals surface area contributed by atoms with E-state index >= 15 is 0 Å². The zero-order chi connectivity index (χ0) is 13.9. The number of nitrogens with zero attached hydrogens (tertiary/aromatic N) is 2. The van der Waals surface area contributed by atoms with Gasteiger partial charge in [-0.1, -0.05) is 12.1 Å². The first-order valence-corrected chi connectivity index (χ1v) is 7.16. The van der Waals surface area contributed by atoms with Crippen molar-refractivity contribution in [3.63, 3.8) is 0 Å². The maximum atomic E-state index is 12.6. The molecule has 1 atom stereocenters. The molecule has 5 nitrogen and oxygen atoms in total. The first kappa shape index (κ1) is 13.4. The van der Waals surface area contributed by atoms with Crippen LogP contribution in [0.1, 0.15) is 6.92 Å². The molecule has 3 rings (SSSR count). The first-order chi connectivity index (χ1) is 9.81. The van der Waals surface area contributed by atoms with Gasteiger partial charge in [-0.2, -0.15) is 0 Å². The fraction of sp³-hybridized carbons (Fsp3) is 0.533. The molecule has 108 valence electrons. The summed E-state index contributed by atoms with van der Waals surface area (Å²) in [5.41, 5.74) is 2.09. The SMILES string of the molecule is CCN1CCN(C(=O)[C@H]2COCCO2)c2ccccc21. The molecule has 0 spiro atoms. The number of hydrogen-bond acceptors (Lipinski definition) is 4. The van der Waals surface area contributed by atoms with Crippen LogP contribution in [0.3, 0.4) is 0 Å². The van der Waals surface area contributed by atoms with Crippen molar-refractivity contribution in [3.8, 4) is 0 Å². The van der Waals surface area contributed by atoms with Gasteiger partial charge in [-0.05, 0) is 19.1 Å². The number of hydrogen-bond donors (Lipinski definition) is 0. The number of ether oxygens (including phenoxy) is 2. The standard InChI is InChI=1S/C15H20N2O3/c1-2-16-7-8-17(13-6-4-3-5-12(13)16)15(18)14-11-19-9-10-20-14/h3-6,14H,2,7-11H2,1H3/t14-/m1/s1. The molecule has 5 heteroatoms. The minimum atomic E-state index is -0.468. The summed E-state index contributed by atoms with van der Waals surface area (Å²) in [5.74, 6) is 0.00732. The largest absolute Gasteiger partial charge is 0.376 e. The van der Waals surface area contributed by atoms with E-state index in [-0.39, 0.29) is 5.91 Å². The van der Waals surface area contributed by atoms with Gasteiger partial charge >= 0.3 is 0 Å². The highest BCUT2D eigenvalue weighted by Crippen LogP contribution is 2.33. The van der Waals surface area contributed by atoms with E-state index in [4.69, 9.17) is 9.47 Å². The van der Waals surface area contributed by atoms with Crippen molar-refractivity contribution in [2.24, 2.45) is 0 Å². The highest BCUT2D eigenvalue weighted by molar-refractivity contribution is 6.00. The zero-order valence-corrected chi connectivity index (χ0v) is 11.7. The minimum Gasteiger partial charge on any atom is -0.376 e. The first-order valence-electron chi connectivity index (χ1n) is 7.16. The minimum absolute atomic E-state index is 0.00732. The van der Waals surface area contributed by atoms with Gasteiger partial charge in [-0.25, -0.2) is 0 Å². The third-order valence-corrected chi connectivity index (χ3v) is 3.85. The van der Waals surface area contributed by atoms with E-state index < -0.39 is 6.10 Å². The molecule has 1 aromatic carbocycles. The van der Waals surface area contributed by atoms with Crippen LogP contribution in [0.2, 0.25) is 0 Å². The van der Waals surface area contributed by atoms with Gasteiger partial charge in [0, 0.05) is 19.6 Å². The molecule has 1 fully saturated rings. The fourth-order valence-electron chi connectivity index (χ4n) is 2.78. The van der Waals surface area contributed by atoms with E-state index in [1.54, 1.807) is 0 Å². The van der Waals surface area contributed by atoms with Gasteiger partial charge in [-0.3, -0.25) is 4.79 Å². The van der Waals surface area contributed by atoms with E-state index in [1.165, 1.54) is 0 Å². The van der Waals surface area contributed by atoms with Crippen LogP contribution in [0.5, 0.6) is 0 Å². The monoisotopic (exact) mass is 276 g/mol. The number of rotatable bonds is 2. The Bertz CT molecular complexity index is 486. The third-order valence-electron chi connectivity index (χ3n) is 3.85. The number of para-hydroxylation sites is 2. The maximum Gasteiger partial charge on any atom is 0.258 e. The number of fused-ring (bicyclic) bond motifs is 1. The molecule has 0 saturated carbocycles. The molecule has 1 saturated heterocycles. The van der Waals surface area contributed by atoms with Gasteiger partial charge in [-0.15, -0.1) is 0 Å². The van der Waals surface area contributed by atoms with Crippen LogP contribution < -0.4 is 9.80 Å². The van der Waals surface area contributed by atoms with E-state index in [0.29, 0.717) is 26.4 Å². The maximum absolute atomic E-state index is 12.6. The van der Waals surface area contributed by atoms with Crippen molar-refractivity contribution < 1.29 is 14.3 Å². The summed E-state index contributed by atoms with van der Waals surface area (Å²) in [6, 6.07) is 8.04. The van der Waals surface area contributed by atoms with Crippen LogP contribution in [0, 0.1) is 0 Å². The molecule has 0 aromatic heterocycles. The second-order valence-electron chi connectivity index (χ2n) is 4.99. The number of anilines is 2. The number of likely N-dealkylation sites (N-methyl/N-ethyl adjacent to an activating group) is 1. The summed E-state index contributed by atoms with van der Waals surface area (Å²) in [5, 5.41) is 0. The number of amides is 1. The van der Waals surface area contributed by atoms with Crippen molar-refractivity contribution in [2.45, 2.75) is 13.0 Å². The number of carbonyl (C=O) groups excluding carboxylic acids is 1. The van der Waals surface area contributed by atoms with Gasteiger partial charge < -0.3 is 19.3 Å². The molecular weight excluding hydrogens is 256 g/mol. The smallest absolute Gasteiger partial charge is 0.258 e. The Morgan fingerprint density at radius 3 is 2.75 bits per heavy atom. The molecule has 0 aliphatic carbocycles. The Morgan fingerprint density at radius 2 is 2.05 bits per heavy atom. The molecule has 2 aliphatic rings. The summed E-state index contributed by atoms with van der Waals surface area (Å²) in [7, 11) is 0. The van der Waals surface area contributed by atoms with E-state index in [0.717, 1.165) is 24.5 Å². The molecule has 0 N–H and O–H groups in total. The van der Waals surface area contributed by atoms with Crippen LogP contribution in [-0.4, -0.2) is 51.5 Å². The quantitative estimate of drug-likeness (QED) is 0.816. The average molecular weight is 276 g/mol. The topological polar surface area (TPSA) is 42.0 Å². The van der Waals surface area contributed by atoms with Crippen molar-refractivity contribution >= 4 is 17.3 Å². The van der Waals surface area contributed by atoms with Crippen molar-refractivity contribution in [1.29, 1.82) is 0 Å². The second-order valence-corrected chi connectivity index (χ2v) is 4.99. The zero-order valence-electron chi connectivity index (χ0n) is 11.7. The van der Waals surface area contributed by atoms with Gasteiger partial charge in [0.15, 0.2) is 6.10 Å². The molecule has 2 heterocycles. The fourth-order valence-corrected chi connectivity index (χ4v) is 2.78. The molecular formula is C15H20N2O3. The van der Waals surface area contributed by atoms with Crippen LogP contribution in [0.4, 0.5) is 11.4 Å². The molecule has 20 heavy (non-hydrogen) atoms. The molecule has 1 aromatic rings. The number of carbonyl (C=O) groups is 1. The molecule has 0 unspecified atom stereocenters. The lowest BCUT2D eigenvalue weighted by molar-refractivity contribution is -0.144. The predicted octanol–water partition coefficient (Wildman–Crippen LogP) is 1.27. The summed E-state index contributed by atoms with van der Waals surface area (Å²) < 4.78 is 10.9. The highest BCUT2D eigenvalue weighted by atomic mass is 16.6. The number of benzene rings is 1. The van der Waals surface area contributed by atoms with E-state index in [1.807, 2.05) is 23.1 Å². The molecule has 0 bridgehead atoms. The lowest BCUT2D eigenvalue weighted by atomic mass is 10.1. The van der Waals surface area contributed by atoms with Gasteiger partial charge in [0.05, 0.1) is 31.2 Å². The predicted molar refractivity (Wildman–Crippen MR) is 77.2 cm³/mol. The lowest BCUT2D eigenvalue weighted by Gasteiger charge is -2.38. The van der Waals surface area contributed by atoms with Crippen LogP contribution in [-0.2, 0) is 14.3 Å². The lowest BCUT2D eigenvalue weighted by Crippen LogP contribution is -2.50. The van der Waals surface area contributed by atoms with Crippen molar-refractivity contribution in [1.82, 2.24) is 0 Å². The summed E-state index contributed by atoms with van der Waals surface area (Å²) in [4.78, 5) is 16.7. The third kappa shape index (κ3) is 2.39. The summed E-state index contributed by atoms with van der Waals surface area (Å²) in [6.07, 6.45) is -0.468. The average Bonchev–Trinajstić information content (AvgIpc) is 2.54. The molecule has 1 amide bonds. The summed E-state index contributed by atoms with van der Waals surface area (Å²) >= 11 is 0. The summed E-state index contributed by atoms with van der Waals surface area (Å²) in [6.45, 7) is 6.05. The Kier molecular flexibility index (Phi) is 3.89. The van der Waals surface area contributed by atoms with Crippen LogP contribution in [0.15, 0.2) is 24.3 Å². The van der Waals surface area contributed by atoms with E-state index in [9.17, 15) is 4.79 Å². The van der Waals surface area contributed by atoms with E-state index in [2.05, 4.69) is 17.9 Å². The molecule has 0 radical (unpaired) electrons. The van der Waals surface area contributed by atoms with Crippen molar-refractivity contribution in [2.75, 3.05) is 49.3 Å². The van der Waals surface area contributed by atoms with Crippen molar-refractivity contribution in [3.05, 3.63) is 24.3 Å². The van der Waals surface area contributed by atoms with Gasteiger partial charge in [0.25, 0.3) is 5.91 Å². The normalized spacial score (nSPS) is 22.6. The molecule has 2 aliphatic heterocycles. The van der Waals surface area contributed by atoms with Crippen LogP contribution in [0.25, 0.3) is 0 Å². The second kappa shape index (κ2) is 5.81. The highest BCUT2D eigenvalue weighted by Gasteiger charge is 2.32.